The van der Waals surface area contributed by atoms with Crippen LogP contribution in [0.1, 0.15) is 13.3 Å². The number of rotatable bonds is 11. The number of hydrogen-bond donors (Lipinski definition) is 1. The lowest BCUT2D eigenvalue weighted by atomic mass is 10.3. The van der Waals surface area contributed by atoms with Gasteiger partial charge in [-0.3, -0.25) is 4.90 Å². The van der Waals surface area contributed by atoms with Crippen LogP contribution < -0.4 is 5.32 Å². The third kappa shape index (κ3) is 10.1. The van der Waals surface area contributed by atoms with Crippen molar-refractivity contribution < 1.29 is 9.47 Å². The molecule has 92 valence electrons. The Morgan fingerprint density at radius 1 is 1.00 bits per heavy atom. The smallest absolute Gasteiger partial charge is 0.0589 e. The van der Waals surface area contributed by atoms with Gasteiger partial charge in [0.2, 0.25) is 0 Å². The summed E-state index contributed by atoms with van der Waals surface area (Å²) in [4.78, 5) is 2.41. The van der Waals surface area contributed by atoms with E-state index in [2.05, 4.69) is 17.1 Å². The fourth-order valence-electron chi connectivity index (χ4n) is 1.40. The molecule has 0 aromatic rings. The van der Waals surface area contributed by atoms with Crippen LogP contribution in [0.2, 0.25) is 0 Å². The first-order chi connectivity index (χ1) is 7.35. The molecular formula is C11H26N2O2. The third-order valence-electron chi connectivity index (χ3n) is 2.29. The van der Waals surface area contributed by atoms with Crippen molar-refractivity contribution in [3.63, 3.8) is 0 Å². The van der Waals surface area contributed by atoms with Gasteiger partial charge in [0.25, 0.3) is 0 Å². The van der Waals surface area contributed by atoms with E-state index in [4.69, 9.17) is 9.47 Å². The maximum Gasteiger partial charge on any atom is 0.0589 e. The van der Waals surface area contributed by atoms with E-state index in [1.54, 1.807) is 14.2 Å². The monoisotopic (exact) mass is 218 g/mol. The highest BCUT2D eigenvalue weighted by atomic mass is 16.5. The van der Waals surface area contributed by atoms with E-state index in [9.17, 15) is 0 Å². The van der Waals surface area contributed by atoms with E-state index < -0.39 is 0 Å². The van der Waals surface area contributed by atoms with Gasteiger partial charge in [0, 0.05) is 47.0 Å². The van der Waals surface area contributed by atoms with Crippen molar-refractivity contribution in [1.82, 2.24) is 10.2 Å². The predicted molar refractivity (Wildman–Crippen MR) is 63.4 cm³/mol. The normalized spacial score (nSPS) is 11.2. The Morgan fingerprint density at radius 2 is 1.73 bits per heavy atom. The molecule has 15 heavy (non-hydrogen) atoms. The lowest BCUT2D eigenvalue weighted by molar-refractivity contribution is 0.133. The molecule has 0 atom stereocenters. The molecule has 0 saturated carbocycles. The highest BCUT2D eigenvalue weighted by molar-refractivity contribution is 4.59. The first kappa shape index (κ1) is 14.8. The summed E-state index contributed by atoms with van der Waals surface area (Å²) in [6.07, 6.45) is 1.09. The van der Waals surface area contributed by atoms with Crippen LogP contribution in [0.15, 0.2) is 0 Å². The van der Waals surface area contributed by atoms with E-state index in [0.717, 1.165) is 52.4 Å². The molecule has 0 aromatic carbocycles. The Kier molecular flexibility index (Phi) is 11.8. The fraction of sp³-hybridized carbons (Fsp3) is 1.00. The summed E-state index contributed by atoms with van der Waals surface area (Å²) in [7, 11) is 3.50. The SMILES string of the molecule is CCNCCN(CCCOC)CCOC. The molecule has 0 aliphatic rings. The molecule has 0 aromatic heterocycles. The van der Waals surface area contributed by atoms with Gasteiger partial charge in [-0.05, 0) is 13.0 Å². The van der Waals surface area contributed by atoms with Crippen LogP contribution in [-0.4, -0.2) is 65.1 Å². The highest BCUT2D eigenvalue weighted by Crippen LogP contribution is 1.92. The number of nitrogens with zero attached hydrogens (tertiary/aromatic N) is 1. The maximum absolute atomic E-state index is 5.09. The summed E-state index contributed by atoms with van der Waals surface area (Å²) in [5, 5.41) is 3.33. The van der Waals surface area contributed by atoms with Gasteiger partial charge in [-0.25, -0.2) is 0 Å². The molecule has 0 heterocycles. The van der Waals surface area contributed by atoms with Crippen LogP contribution >= 0.6 is 0 Å². The molecule has 1 N–H and O–H groups in total. The third-order valence-corrected chi connectivity index (χ3v) is 2.29. The average molecular weight is 218 g/mol. The van der Waals surface area contributed by atoms with Crippen molar-refractivity contribution in [2.45, 2.75) is 13.3 Å². The zero-order chi connectivity index (χ0) is 11.4. The molecule has 0 fully saturated rings. The molecule has 0 aliphatic carbocycles. The lowest BCUT2D eigenvalue weighted by Crippen LogP contribution is -2.35. The van der Waals surface area contributed by atoms with Crippen LogP contribution in [0.5, 0.6) is 0 Å². The second-order valence-electron chi connectivity index (χ2n) is 3.53. The Labute approximate surface area is 93.9 Å². The van der Waals surface area contributed by atoms with Crippen molar-refractivity contribution in [2.24, 2.45) is 0 Å². The highest BCUT2D eigenvalue weighted by Gasteiger charge is 2.03. The first-order valence-corrected chi connectivity index (χ1v) is 5.76. The minimum Gasteiger partial charge on any atom is -0.385 e. The fourth-order valence-corrected chi connectivity index (χ4v) is 1.40. The van der Waals surface area contributed by atoms with Crippen LogP contribution in [0.3, 0.4) is 0 Å². The Morgan fingerprint density at radius 3 is 2.33 bits per heavy atom. The first-order valence-electron chi connectivity index (χ1n) is 5.76. The molecule has 0 spiro atoms. The zero-order valence-corrected chi connectivity index (χ0v) is 10.4. The summed E-state index contributed by atoms with van der Waals surface area (Å²) in [5.41, 5.74) is 0. The van der Waals surface area contributed by atoms with Gasteiger partial charge >= 0.3 is 0 Å². The van der Waals surface area contributed by atoms with Gasteiger partial charge in [-0.15, -0.1) is 0 Å². The summed E-state index contributed by atoms with van der Waals surface area (Å²) in [5.74, 6) is 0. The van der Waals surface area contributed by atoms with Gasteiger partial charge < -0.3 is 14.8 Å². The van der Waals surface area contributed by atoms with Crippen LogP contribution in [0.25, 0.3) is 0 Å². The standard InChI is InChI=1S/C11H26N2O2/c1-4-12-6-8-13(9-11-15-3)7-5-10-14-2/h12H,4-11H2,1-3H3. The molecule has 0 amide bonds. The topological polar surface area (TPSA) is 33.7 Å². The van der Waals surface area contributed by atoms with Gasteiger partial charge in [0.1, 0.15) is 0 Å². The van der Waals surface area contributed by atoms with Crippen molar-refractivity contribution >= 4 is 0 Å². The molecule has 0 radical (unpaired) electrons. The van der Waals surface area contributed by atoms with E-state index in [1.807, 2.05) is 0 Å². The predicted octanol–water partition coefficient (Wildman–Crippen LogP) is 0.581. The van der Waals surface area contributed by atoms with Gasteiger partial charge in [0.15, 0.2) is 0 Å². The molecule has 0 saturated heterocycles. The molecule has 4 nitrogen and oxygen atoms in total. The van der Waals surface area contributed by atoms with Crippen LogP contribution in [0, 0.1) is 0 Å². The molecule has 4 heteroatoms. The average Bonchev–Trinajstić information content (AvgIpc) is 2.25. The van der Waals surface area contributed by atoms with Gasteiger partial charge in [-0.1, -0.05) is 6.92 Å². The largest absolute Gasteiger partial charge is 0.385 e. The number of methoxy groups -OCH3 is 2. The Balaban J connectivity index is 3.53. The molecule has 0 unspecified atom stereocenters. The van der Waals surface area contributed by atoms with Crippen molar-refractivity contribution in [3.05, 3.63) is 0 Å². The van der Waals surface area contributed by atoms with E-state index >= 15 is 0 Å². The molecule has 0 rings (SSSR count). The molecule has 0 aliphatic heterocycles. The Bertz CT molecular complexity index is 113. The quantitative estimate of drug-likeness (QED) is 0.514. The number of ether oxygens (including phenoxy) is 2. The summed E-state index contributed by atoms with van der Waals surface area (Å²) >= 11 is 0. The van der Waals surface area contributed by atoms with Crippen molar-refractivity contribution in [2.75, 3.05) is 60.2 Å². The van der Waals surface area contributed by atoms with Crippen LogP contribution in [0.4, 0.5) is 0 Å². The van der Waals surface area contributed by atoms with E-state index in [-0.39, 0.29) is 0 Å². The zero-order valence-electron chi connectivity index (χ0n) is 10.4. The van der Waals surface area contributed by atoms with E-state index in [1.165, 1.54) is 0 Å². The van der Waals surface area contributed by atoms with Crippen molar-refractivity contribution in [1.29, 1.82) is 0 Å². The van der Waals surface area contributed by atoms with Gasteiger partial charge in [0.05, 0.1) is 6.61 Å². The Hall–Kier alpha value is -0.160. The van der Waals surface area contributed by atoms with Gasteiger partial charge in [-0.2, -0.15) is 0 Å². The maximum atomic E-state index is 5.09. The summed E-state index contributed by atoms with van der Waals surface area (Å²) in [6, 6.07) is 0. The van der Waals surface area contributed by atoms with Crippen LogP contribution in [-0.2, 0) is 9.47 Å². The lowest BCUT2D eigenvalue weighted by Gasteiger charge is -2.21. The minimum atomic E-state index is 0.805. The number of nitrogens with one attached hydrogen (secondary N) is 1. The second kappa shape index (κ2) is 11.9. The second-order valence-corrected chi connectivity index (χ2v) is 3.53. The molecule has 0 bridgehead atoms. The van der Waals surface area contributed by atoms with Crippen molar-refractivity contribution in [3.8, 4) is 0 Å². The number of likely N-dealkylation sites (N-methyl/N-ethyl adjacent to an activating group) is 1. The molecular weight excluding hydrogens is 192 g/mol. The minimum absolute atomic E-state index is 0.805. The number of hydrogen-bond acceptors (Lipinski definition) is 4. The summed E-state index contributed by atoms with van der Waals surface area (Å²) < 4.78 is 10.1. The summed E-state index contributed by atoms with van der Waals surface area (Å²) in [6.45, 7) is 9.03. The van der Waals surface area contributed by atoms with E-state index in [0.29, 0.717) is 0 Å².